The Labute approximate surface area is 189 Å². The summed E-state index contributed by atoms with van der Waals surface area (Å²) in [5.74, 6) is 0.516. The molecule has 1 aliphatic carbocycles. The van der Waals surface area contributed by atoms with Gasteiger partial charge in [0, 0.05) is 17.6 Å². The van der Waals surface area contributed by atoms with E-state index in [2.05, 4.69) is 5.32 Å². The molecule has 1 saturated carbocycles. The molecule has 0 aromatic heterocycles. The average Bonchev–Trinajstić information content (AvgIpc) is 2.79. The highest BCUT2D eigenvalue weighted by molar-refractivity contribution is 6.31. The summed E-state index contributed by atoms with van der Waals surface area (Å²) in [6, 6.07) is 14.5. The van der Waals surface area contributed by atoms with E-state index >= 15 is 0 Å². The fraction of sp³-hybridized carbons (Fsp3) is 0.440. The van der Waals surface area contributed by atoms with Gasteiger partial charge in [0.05, 0.1) is 13.5 Å². The zero-order valence-electron chi connectivity index (χ0n) is 18.3. The molecule has 0 radical (unpaired) electrons. The van der Waals surface area contributed by atoms with Gasteiger partial charge < -0.3 is 15.0 Å². The Bertz CT molecular complexity index is 879. The first-order valence-electron chi connectivity index (χ1n) is 10.9. The highest BCUT2D eigenvalue weighted by Crippen LogP contribution is 2.21. The molecule has 2 amide bonds. The van der Waals surface area contributed by atoms with Gasteiger partial charge in [0.2, 0.25) is 11.8 Å². The summed E-state index contributed by atoms with van der Waals surface area (Å²) in [5.41, 5.74) is 1.69. The summed E-state index contributed by atoms with van der Waals surface area (Å²) in [7, 11) is 1.61. The van der Waals surface area contributed by atoms with E-state index in [1.54, 1.807) is 25.0 Å². The molecule has 1 unspecified atom stereocenters. The molecule has 1 atom stereocenters. The van der Waals surface area contributed by atoms with Crippen LogP contribution in [0.25, 0.3) is 0 Å². The van der Waals surface area contributed by atoms with Crippen molar-refractivity contribution in [2.45, 2.75) is 64.1 Å². The highest BCUT2D eigenvalue weighted by Gasteiger charge is 2.28. The Kier molecular flexibility index (Phi) is 8.35. The minimum Gasteiger partial charge on any atom is -0.497 e. The van der Waals surface area contributed by atoms with E-state index in [9.17, 15) is 9.59 Å². The predicted molar refractivity (Wildman–Crippen MR) is 123 cm³/mol. The number of ether oxygens (including phenoxy) is 1. The van der Waals surface area contributed by atoms with Crippen LogP contribution in [0.3, 0.4) is 0 Å². The lowest BCUT2D eigenvalue weighted by Crippen LogP contribution is -2.50. The van der Waals surface area contributed by atoms with Crippen LogP contribution in [0, 0.1) is 0 Å². The number of carbonyl (C=O) groups excluding carboxylic acids is 2. The molecule has 0 heterocycles. The van der Waals surface area contributed by atoms with Gasteiger partial charge in [0.15, 0.2) is 0 Å². The normalized spacial score (nSPS) is 15.2. The van der Waals surface area contributed by atoms with Gasteiger partial charge in [-0.25, -0.2) is 0 Å². The van der Waals surface area contributed by atoms with E-state index in [1.807, 2.05) is 42.5 Å². The van der Waals surface area contributed by atoms with Gasteiger partial charge in [-0.15, -0.1) is 0 Å². The van der Waals surface area contributed by atoms with Crippen LogP contribution in [0.2, 0.25) is 5.02 Å². The van der Waals surface area contributed by atoms with Gasteiger partial charge in [-0.3, -0.25) is 9.59 Å². The minimum atomic E-state index is -0.594. The van der Waals surface area contributed by atoms with Crippen LogP contribution in [-0.2, 0) is 22.6 Å². The van der Waals surface area contributed by atoms with Crippen molar-refractivity contribution in [1.82, 2.24) is 10.2 Å². The quantitative estimate of drug-likeness (QED) is 0.641. The number of rotatable bonds is 8. The van der Waals surface area contributed by atoms with E-state index in [0.717, 1.165) is 42.6 Å². The number of methoxy groups -OCH3 is 1. The lowest BCUT2D eigenvalue weighted by atomic mass is 9.95. The lowest BCUT2D eigenvalue weighted by molar-refractivity contribution is -0.140. The first-order valence-corrected chi connectivity index (χ1v) is 11.3. The Morgan fingerprint density at radius 2 is 1.77 bits per heavy atom. The Morgan fingerprint density at radius 1 is 1.10 bits per heavy atom. The third-order valence-electron chi connectivity index (χ3n) is 5.93. The molecular weight excluding hydrogens is 412 g/mol. The molecule has 2 aromatic rings. The van der Waals surface area contributed by atoms with E-state index in [-0.39, 0.29) is 30.8 Å². The van der Waals surface area contributed by atoms with Crippen LogP contribution < -0.4 is 10.1 Å². The molecule has 166 valence electrons. The Balaban J connectivity index is 1.76. The van der Waals surface area contributed by atoms with Crippen molar-refractivity contribution >= 4 is 23.4 Å². The van der Waals surface area contributed by atoms with Crippen LogP contribution >= 0.6 is 11.6 Å². The van der Waals surface area contributed by atoms with Crippen LogP contribution in [0.1, 0.15) is 50.2 Å². The second kappa shape index (κ2) is 11.2. The monoisotopic (exact) mass is 442 g/mol. The first kappa shape index (κ1) is 23.1. The predicted octanol–water partition coefficient (Wildman–Crippen LogP) is 4.76. The van der Waals surface area contributed by atoms with Crippen molar-refractivity contribution in [1.29, 1.82) is 0 Å². The molecule has 31 heavy (non-hydrogen) atoms. The van der Waals surface area contributed by atoms with E-state index in [4.69, 9.17) is 16.3 Å². The van der Waals surface area contributed by atoms with Crippen molar-refractivity contribution in [2.75, 3.05) is 7.11 Å². The summed E-state index contributed by atoms with van der Waals surface area (Å²) in [6.07, 6.45) is 5.71. The van der Waals surface area contributed by atoms with Crippen molar-refractivity contribution < 1.29 is 14.3 Å². The molecule has 0 spiro atoms. The van der Waals surface area contributed by atoms with Crippen molar-refractivity contribution in [3.63, 3.8) is 0 Å². The van der Waals surface area contributed by atoms with Gasteiger partial charge >= 0.3 is 0 Å². The number of carbonyl (C=O) groups is 2. The van der Waals surface area contributed by atoms with E-state index in [0.29, 0.717) is 5.02 Å². The van der Waals surface area contributed by atoms with Crippen LogP contribution in [-0.4, -0.2) is 35.9 Å². The zero-order valence-corrected chi connectivity index (χ0v) is 19.0. The molecular formula is C25H31ClN2O3. The van der Waals surface area contributed by atoms with Gasteiger partial charge in [-0.05, 0) is 49.1 Å². The van der Waals surface area contributed by atoms with E-state index in [1.165, 1.54) is 6.42 Å². The smallest absolute Gasteiger partial charge is 0.242 e. The molecule has 0 saturated heterocycles. The number of amides is 2. The highest BCUT2D eigenvalue weighted by atomic mass is 35.5. The molecule has 3 rings (SSSR count). The van der Waals surface area contributed by atoms with Gasteiger partial charge in [0.1, 0.15) is 11.8 Å². The Hall–Kier alpha value is -2.53. The van der Waals surface area contributed by atoms with Crippen LogP contribution in [0.4, 0.5) is 0 Å². The fourth-order valence-corrected chi connectivity index (χ4v) is 4.18. The summed E-state index contributed by atoms with van der Waals surface area (Å²) in [5, 5.41) is 3.74. The number of benzene rings is 2. The molecule has 1 aliphatic rings. The van der Waals surface area contributed by atoms with Crippen LogP contribution in [0.5, 0.6) is 5.75 Å². The van der Waals surface area contributed by atoms with Crippen molar-refractivity contribution in [2.24, 2.45) is 0 Å². The lowest BCUT2D eigenvalue weighted by Gasteiger charge is -2.31. The standard InChI is InChI=1S/C25H31ClN2O3/c1-18(25(30)27-21-9-4-3-5-10-21)28(17-20-8-6-7-11-23(20)26)24(29)16-19-12-14-22(31-2)15-13-19/h6-8,11-15,18,21H,3-5,9-10,16-17H2,1-2H3,(H,27,30). The third-order valence-corrected chi connectivity index (χ3v) is 6.30. The maximum atomic E-state index is 13.3. The maximum absolute atomic E-state index is 13.3. The van der Waals surface area contributed by atoms with Gasteiger partial charge in [0.25, 0.3) is 0 Å². The second-order valence-corrected chi connectivity index (χ2v) is 8.56. The largest absolute Gasteiger partial charge is 0.497 e. The zero-order chi connectivity index (χ0) is 22.2. The second-order valence-electron chi connectivity index (χ2n) is 8.16. The number of halogens is 1. The molecule has 6 heteroatoms. The topological polar surface area (TPSA) is 58.6 Å². The summed E-state index contributed by atoms with van der Waals surface area (Å²) >= 11 is 6.35. The number of hydrogen-bond acceptors (Lipinski definition) is 3. The first-order chi connectivity index (χ1) is 15.0. The average molecular weight is 443 g/mol. The van der Waals surface area contributed by atoms with Gasteiger partial charge in [-0.1, -0.05) is 61.2 Å². The summed E-state index contributed by atoms with van der Waals surface area (Å²) < 4.78 is 5.19. The third kappa shape index (κ3) is 6.47. The Morgan fingerprint density at radius 3 is 2.42 bits per heavy atom. The molecule has 5 nitrogen and oxygen atoms in total. The summed E-state index contributed by atoms with van der Waals surface area (Å²) in [4.78, 5) is 27.9. The summed E-state index contributed by atoms with van der Waals surface area (Å²) in [6.45, 7) is 2.08. The molecule has 1 N–H and O–H groups in total. The maximum Gasteiger partial charge on any atom is 0.242 e. The number of nitrogens with one attached hydrogen (secondary N) is 1. The SMILES string of the molecule is COc1ccc(CC(=O)N(Cc2ccccc2Cl)C(C)C(=O)NC2CCCCC2)cc1. The van der Waals surface area contributed by atoms with Crippen molar-refractivity contribution in [3.8, 4) is 5.75 Å². The number of nitrogens with zero attached hydrogens (tertiary/aromatic N) is 1. The molecule has 0 aliphatic heterocycles. The number of hydrogen-bond donors (Lipinski definition) is 1. The van der Waals surface area contributed by atoms with Gasteiger partial charge in [-0.2, -0.15) is 0 Å². The molecule has 1 fully saturated rings. The minimum absolute atomic E-state index is 0.109. The van der Waals surface area contributed by atoms with Crippen molar-refractivity contribution in [3.05, 3.63) is 64.7 Å². The van der Waals surface area contributed by atoms with Crippen LogP contribution in [0.15, 0.2) is 48.5 Å². The molecule has 2 aromatic carbocycles. The fourth-order valence-electron chi connectivity index (χ4n) is 3.98. The molecule has 0 bridgehead atoms. The van der Waals surface area contributed by atoms with E-state index < -0.39 is 6.04 Å².